The van der Waals surface area contributed by atoms with E-state index in [4.69, 9.17) is 5.73 Å². The molecule has 2 heterocycles. The lowest BCUT2D eigenvalue weighted by Crippen LogP contribution is -2.05. The van der Waals surface area contributed by atoms with E-state index in [-0.39, 0.29) is 0 Å². The molecule has 18 heavy (non-hydrogen) atoms. The monoisotopic (exact) mass is 253 g/mol. The van der Waals surface area contributed by atoms with E-state index in [0.717, 1.165) is 22.9 Å². The summed E-state index contributed by atoms with van der Waals surface area (Å²) in [7, 11) is 0. The van der Waals surface area contributed by atoms with Gasteiger partial charge in [0.1, 0.15) is 5.82 Å². The zero-order chi connectivity index (χ0) is 12.9. The maximum atomic E-state index is 12.5. The Kier molecular flexibility index (Phi) is 2.25. The predicted molar refractivity (Wildman–Crippen MR) is 59.7 cm³/mol. The summed E-state index contributed by atoms with van der Waals surface area (Å²) < 4.78 is 39.2. The molecule has 1 aliphatic rings. The first-order valence-corrected chi connectivity index (χ1v) is 5.45. The van der Waals surface area contributed by atoms with Crippen molar-refractivity contribution in [1.82, 2.24) is 9.55 Å². The normalized spacial score (nSPS) is 13.6. The van der Waals surface area contributed by atoms with Crippen LogP contribution < -0.4 is 5.73 Å². The van der Waals surface area contributed by atoms with Crippen molar-refractivity contribution in [1.29, 1.82) is 0 Å². The molecule has 0 unspecified atom stereocenters. The molecule has 0 saturated heterocycles. The van der Waals surface area contributed by atoms with Gasteiger partial charge in [-0.25, -0.2) is 4.98 Å². The van der Waals surface area contributed by atoms with Crippen LogP contribution in [0.2, 0.25) is 0 Å². The van der Waals surface area contributed by atoms with Gasteiger partial charge >= 0.3 is 6.18 Å². The summed E-state index contributed by atoms with van der Waals surface area (Å²) >= 11 is 0. The van der Waals surface area contributed by atoms with Crippen molar-refractivity contribution in [3.8, 4) is 11.4 Å². The molecule has 94 valence electrons. The molecule has 6 heteroatoms. The summed E-state index contributed by atoms with van der Waals surface area (Å²) in [5.74, 6) is 0.376. The molecule has 1 aromatic heterocycles. The minimum atomic E-state index is -4.39. The van der Waals surface area contributed by atoms with Crippen molar-refractivity contribution in [2.45, 2.75) is 19.3 Å². The lowest BCUT2D eigenvalue weighted by Gasteiger charge is -2.03. The molecular formula is C12H10F3N3. The van der Waals surface area contributed by atoms with Crippen LogP contribution in [-0.4, -0.2) is 9.55 Å². The van der Waals surface area contributed by atoms with Crippen LogP contribution in [0.3, 0.4) is 0 Å². The fraction of sp³-hybridized carbons (Fsp3) is 0.250. The van der Waals surface area contributed by atoms with Gasteiger partial charge in [0.15, 0.2) is 5.69 Å². The summed E-state index contributed by atoms with van der Waals surface area (Å²) in [6.45, 7) is 0.838. The van der Waals surface area contributed by atoms with Crippen molar-refractivity contribution >= 4 is 0 Å². The molecule has 0 bridgehead atoms. The number of nitrogens with zero attached hydrogens (tertiary/aromatic N) is 2. The molecular weight excluding hydrogens is 243 g/mol. The minimum Gasteiger partial charge on any atom is -0.326 e. The molecule has 0 radical (unpaired) electrons. The third kappa shape index (κ3) is 1.60. The highest BCUT2D eigenvalue weighted by molar-refractivity contribution is 5.65. The maximum absolute atomic E-state index is 12.5. The number of hydrogen-bond donors (Lipinski definition) is 1. The van der Waals surface area contributed by atoms with Gasteiger partial charge < -0.3 is 10.3 Å². The Morgan fingerprint density at radius 3 is 2.78 bits per heavy atom. The number of imidazole rings is 1. The molecule has 0 aliphatic carbocycles. The zero-order valence-electron chi connectivity index (χ0n) is 9.33. The van der Waals surface area contributed by atoms with Crippen LogP contribution in [0.4, 0.5) is 13.2 Å². The zero-order valence-corrected chi connectivity index (χ0v) is 9.33. The van der Waals surface area contributed by atoms with Gasteiger partial charge in [0, 0.05) is 24.8 Å². The Balaban J connectivity index is 2.07. The van der Waals surface area contributed by atoms with Crippen molar-refractivity contribution in [3.05, 3.63) is 41.2 Å². The second-order valence-electron chi connectivity index (χ2n) is 4.27. The summed E-state index contributed by atoms with van der Waals surface area (Å²) in [4.78, 5) is 3.67. The quantitative estimate of drug-likeness (QED) is 0.723. The van der Waals surface area contributed by atoms with Crippen LogP contribution in [0.1, 0.15) is 16.8 Å². The standard InChI is InChI=1S/C12H10F3N3/c13-12(14,15)10-6-18-5-8-3-7(4-16)1-2-9(8)11(18)17-10/h1-3,6H,4-5,16H2. The van der Waals surface area contributed by atoms with Gasteiger partial charge in [-0.05, 0) is 11.1 Å². The first kappa shape index (κ1) is 11.3. The van der Waals surface area contributed by atoms with Crippen molar-refractivity contribution in [2.24, 2.45) is 5.73 Å². The molecule has 0 spiro atoms. The molecule has 0 amide bonds. The lowest BCUT2D eigenvalue weighted by molar-refractivity contribution is -0.140. The van der Waals surface area contributed by atoms with Gasteiger partial charge in [-0.3, -0.25) is 0 Å². The Hall–Kier alpha value is -1.82. The fourth-order valence-corrected chi connectivity index (χ4v) is 2.19. The summed E-state index contributed by atoms with van der Waals surface area (Å²) in [5, 5.41) is 0. The summed E-state index contributed by atoms with van der Waals surface area (Å²) in [6, 6.07) is 5.51. The van der Waals surface area contributed by atoms with E-state index in [9.17, 15) is 13.2 Å². The summed E-state index contributed by atoms with van der Waals surface area (Å²) in [5.41, 5.74) is 7.38. The SMILES string of the molecule is NCc1ccc2c(c1)Cn1cc(C(F)(F)F)nc1-2. The summed E-state index contributed by atoms with van der Waals surface area (Å²) in [6.07, 6.45) is -3.34. The molecule has 2 aromatic rings. The van der Waals surface area contributed by atoms with E-state index in [0.29, 0.717) is 18.9 Å². The molecule has 3 rings (SSSR count). The molecule has 0 saturated carbocycles. The average molecular weight is 253 g/mol. The Labute approximate surface area is 101 Å². The van der Waals surface area contributed by atoms with Gasteiger partial charge in [0.2, 0.25) is 0 Å². The number of fused-ring (bicyclic) bond motifs is 3. The number of aromatic nitrogens is 2. The largest absolute Gasteiger partial charge is 0.434 e. The molecule has 1 aliphatic heterocycles. The smallest absolute Gasteiger partial charge is 0.326 e. The topological polar surface area (TPSA) is 43.8 Å². The van der Waals surface area contributed by atoms with Crippen LogP contribution >= 0.6 is 0 Å². The predicted octanol–water partition coefficient (Wildman–Crippen LogP) is 2.39. The highest BCUT2D eigenvalue weighted by Gasteiger charge is 2.36. The number of benzene rings is 1. The van der Waals surface area contributed by atoms with Gasteiger partial charge in [-0.15, -0.1) is 0 Å². The van der Waals surface area contributed by atoms with E-state index < -0.39 is 11.9 Å². The number of alkyl halides is 3. The maximum Gasteiger partial charge on any atom is 0.434 e. The van der Waals surface area contributed by atoms with E-state index >= 15 is 0 Å². The Bertz CT molecular complexity index is 614. The van der Waals surface area contributed by atoms with Gasteiger partial charge in [0.05, 0.1) is 0 Å². The first-order valence-electron chi connectivity index (χ1n) is 5.45. The van der Waals surface area contributed by atoms with Crippen molar-refractivity contribution in [2.75, 3.05) is 0 Å². The number of hydrogen-bond acceptors (Lipinski definition) is 2. The Morgan fingerprint density at radius 1 is 1.33 bits per heavy atom. The molecule has 0 fully saturated rings. The van der Waals surface area contributed by atoms with E-state index in [1.165, 1.54) is 4.57 Å². The third-order valence-electron chi connectivity index (χ3n) is 3.05. The first-order chi connectivity index (χ1) is 8.49. The fourth-order valence-electron chi connectivity index (χ4n) is 2.19. The number of rotatable bonds is 1. The van der Waals surface area contributed by atoms with E-state index in [1.54, 1.807) is 6.07 Å². The van der Waals surface area contributed by atoms with Crippen LogP contribution in [0, 0.1) is 0 Å². The third-order valence-corrected chi connectivity index (χ3v) is 3.05. The van der Waals surface area contributed by atoms with Gasteiger partial charge in [-0.2, -0.15) is 13.2 Å². The molecule has 3 nitrogen and oxygen atoms in total. The lowest BCUT2D eigenvalue weighted by atomic mass is 10.1. The highest BCUT2D eigenvalue weighted by Crippen LogP contribution is 2.36. The van der Waals surface area contributed by atoms with E-state index in [2.05, 4.69) is 4.98 Å². The van der Waals surface area contributed by atoms with Crippen LogP contribution in [0.15, 0.2) is 24.4 Å². The number of halogens is 3. The van der Waals surface area contributed by atoms with Crippen molar-refractivity contribution in [3.63, 3.8) is 0 Å². The van der Waals surface area contributed by atoms with Crippen molar-refractivity contribution < 1.29 is 13.2 Å². The van der Waals surface area contributed by atoms with Crippen LogP contribution in [-0.2, 0) is 19.3 Å². The Morgan fingerprint density at radius 2 is 2.11 bits per heavy atom. The minimum absolute atomic E-state index is 0.376. The van der Waals surface area contributed by atoms with Crippen LogP contribution in [0.5, 0.6) is 0 Å². The second-order valence-corrected chi connectivity index (χ2v) is 4.27. The highest BCUT2D eigenvalue weighted by atomic mass is 19.4. The van der Waals surface area contributed by atoms with Gasteiger partial charge in [0.25, 0.3) is 0 Å². The molecule has 1 aromatic carbocycles. The van der Waals surface area contributed by atoms with Crippen LogP contribution in [0.25, 0.3) is 11.4 Å². The number of nitrogens with two attached hydrogens (primary N) is 1. The molecule has 2 N–H and O–H groups in total. The molecule has 0 atom stereocenters. The average Bonchev–Trinajstić information content (AvgIpc) is 2.84. The van der Waals surface area contributed by atoms with Gasteiger partial charge in [-0.1, -0.05) is 18.2 Å². The van der Waals surface area contributed by atoms with E-state index in [1.807, 2.05) is 12.1 Å². The second kappa shape index (κ2) is 3.58.